The number of hydrogen-bond acceptors (Lipinski definition) is 3. The third-order valence-corrected chi connectivity index (χ3v) is 5.94. The summed E-state index contributed by atoms with van der Waals surface area (Å²) in [5.41, 5.74) is 0.930. The maximum Gasteiger partial charge on any atom is 0.233 e. The maximum atomic E-state index is 12.8. The van der Waals surface area contributed by atoms with Crippen molar-refractivity contribution in [1.29, 1.82) is 0 Å². The van der Waals surface area contributed by atoms with E-state index in [1.807, 2.05) is 6.08 Å². The highest BCUT2D eigenvalue weighted by molar-refractivity contribution is 6.50. The third-order valence-electron chi connectivity index (χ3n) is 5.94. The average Bonchev–Trinajstić information content (AvgIpc) is 2.47. The molecule has 0 amide bonds. The van der Waals surface area contributed by atoms with Crippen molar-refractivity contribution in [2.24, 2.45) is 16.7 Å². The van der Waals surface area contributed by atoms with Gasteiger partial charge in [-0.05, 0) is 30.6 Å². The third kappa shape index (κ3) is 2.09. The lowest BCUT2D eigenvalue weighted by Gasteiger charge is -2.52. The molecular formula is C20H24O3. The van der Waals surface area contributed by atoms with Crippen molar-refractivity contribution >= 4 is 11.6 Å². The molecular weight excluding hydrogens is 288 g/mol. The number of carbonyl (C=O) groups excluding carboxylic acids is 2. The van der Waals surface area contributed by atoms with Crippen LogP contribution in [0.2, 0.25) is 0 Å². The van der Waals surface area contributed by atoms with Gasteiger partial charge >= 0.3 is 0 Å². The molecule has 2 atom stereocenters. The second kappa shape index (κ2) is 5.05. The van der Waals surface area contributed by atoms with Gasteiger partial charge in [-0.2, -0.15) is 0 Å². The number of aliphatic hydroxyl groups excluding tert-OH is 1. The number of rotatable bonds is 2. The quantitative estimate of drug-likeness (QED) is 0.472. The zero-order valence-corrected chi connectivity index (χ0v) is 14.1. The molecule has 0 aromatic heterocycles. The van der Waals surface area contributed by atoms with Gasteiger partial charge in [0, 0.05) is 22.1 Å². The molecule has 3 rings (SSSR count). The Labute approximate surface area is 137 Å². The highest BCUT2D eigenvalue weighted by Crippen LogP contribution is 2.58. The van der Waals surface area contributed by atoms with Gasteiger partial charge in [-0.3, -0.25) is 9.59 Å². The molecule has 3 aliphatic rings. The topological polar surface area (TPSA) is 54.4 Å². The van der Waals surface area contributed by atoms with Crippen LogP contribution >= 0.6 is 0 Å². The lowest BCUT2D eigenvalue weighted by molar-refractivity contribution is -0.134. The molecule has 0 heterocycles. The molecule has 0 bridgehead atoms. The first kappa shape index (κ1) is 16.0. The van der Waals surface area contributed by atoms with E-state index in [0.717, 1.165) is 19.3 Å². The largest absolute Gasteiger partial charge is 0.507 e. The predicted octanol–water partition coefficient (Wildman–Crippen LogP) is 4.23. The zero-order valence-electron chi connectivity index (χ0n) is 14.1. The van der Waals surface area contributed by atoms with Gasteiger partial charge < -0.3 is 5.11 Å². The highest BCUT2D eigenvalue weighted by atomic mass is 16.3. The summed E-state index contributed by atoms with van der Waals surface area (Å²) in [5, 5.41) is 10.6. The van der Waals surface area contributed by atoms with E-state index in [0.29, 0.717) is 11.1 Å². The van der Waals surface area contributed by atoms with Gasteiger partial charge in [0.15, 0.2) is 0 Å². The zero-order chi connectivity index (χ0) is 17.0. The van der Waals surface area contributed by atoms with Crippen molar-refractivity contribution in [3.63, 3.8) is 0 Å². The van der Waals surface area contributed by atoms with Crippen molar-refractivity contribution in [2.45, 2.75) is 46.5 Å². The van der Waals surface area contributed by atoms with E-state index in [9.17, 15) is 14.7 Å². The Morgan fingerprint density at radius 3 is 2.61 bits per heavy atom. The Kier molecular flexibility index (Phi) is 3.51. The van der Waals surface area contributed by atoms with Gasteiger partial charge in [0.1, 0.15) is 5.76 Å². The summed E-state index contributed by atoms with van der Waals surface area (Å²) in [6.45, 7) is 10.1. The first-order valence-electron chi connectivity index (χ1n) is 8.29. The summed E-state index contributed by atoms with van der Waals surface area (Å²) in [4.78, 5) is 25.3. The van der Waals surface area contributed by atoms with Crippen LogP contribution in [-0.4, -0.2) is 16.7 Å². The molecule has 3 aliphatic carbocycles. The van der Waals surface area contributed by atoms with Crippen molar-refractivity contribution in [1.82, 2.24) is 0 Å². The minimum Gasteiger partial charge on any atom is -0.507 e. The summed E-state index contributed by atoms with van der Waals surface area (Å²) >= 11 is 0. The molecule has 3 nitrogen and oxygen atoms in total. The Balaban J connectivity index is 2.21. The molecule has 0 spiro atoms. The van der Waals surface area contributed by atoms with Crippen LogP contribution in [0.5, 0.6) is 0 Å². The minimum atomic E-state index is -0.570. The summed E-state index contributed by atoms with van der Waals surface area (Å²) in [5.74, 6) is -0.846. The van der Waals surface area contributed by atoms with Crippen LogP contribution in [0, 0.1) is 16.7 Å². The van der Waals surface area contributed by atoms with Crippen LogP contribution in [0.4, 0.5) is 0 Å². The number of aliphatic hydroxyl groups is 1. The van der Waals surface area contributed by atoms with Crippen molar-refractivity contribution in [3.8, 4) is 0 Å². The molecule has 0 radical (unpaired) electrons. The van der Waals surface area contributed by atoms with Crippen LogP contribution in [0.25, 0.3) is 0 Å². The number of allylic oxidation sites excluding steroid dienone is 5. The van der Waals surface area contributed by atoms with Crippen LogP contribution in [0.1, 0.15) is 46.5 Å². The van der Waals surface area contributed by atoms with Gasteiger partial charge in [0.2, 0.25) is 11.6 Å². The van der Waals surface area contributed by atoms with Crippen LogP contribution in [0.3, 0.4) is 0 Å². The summed E-state index contributed by atoms with van der Waals surface area (Å²) < 4.78 is 0. The van der Waals surface area contributed by atoms with Gasteiger partial charge in [-0.1, -0.05) is 45.4 Å². The smallest absolute Gasteiger partial charge is 0.233 e. The van der Waals surface area contributed by atoms with Gasteiger partial charge in [-0.15, -0.1) is 6.58 Å². The fraction of sp³-hybridized carbons (Fsp3) is 0.500. The van der Waals surface area contributed by atoms with Crippen LogP contribution in [-0.2, 0) is 9.59 Å². The van der Waals surface area contributed by atoms with E-state index in [1.54, 1.807) is 6.08 Å². The van der Waals surface area contributed by atoms with Crippen molar-refractivity contribution < 1.29 is 14.7 Å². The number of Topliss-reactive ketones (excluding diaryl/α,β-unsaturated/α-hetero) is 2. The van der Waals surface area contributed by atoms with Gasteiger partial charge in [0.05, 0.1) is 0 Å². The lowest BCUT2D eigenvalue weighted by atomic mass is 9.50. The van der Waals surface area contributed by atoms with E-state index in [4.69, 9.17) is 0 Å². The molecule has 0 aliphatic heterocycles. The SMILES string of the molecule is C=CCC1=C(O)C2=C(C(=O)C1=O)[C@@]1(C)CCCC(C)(C)[C@@H]1C=C2. The lowest BCUT2D eigenvalue weighted by Crippen LogP contribution is -2.47. The van der Waals surface area contributed by atoms with Crippen LogP contribution in [0.15, 0.2) is 47.3 Å². The normalized spacial score (nSPS) is 32.7. The first-order chi connectivity index (χ1) is 10.7. The highest BCUT2D eigenvalue weighted by Gasteiger charge is 2.53. The Hall–Kier alpha value is -1.90. The average molecular weight is 312 g/mol. The summed E-state index contributed by atoms with van der Waals surface area (Å²) in [6.07, 6.45) is 8.73. The minimum absolute atomic E-state index is 0.0381. The molecule has 1 N–H and O–H groups in total. The molecule has 1 saturated carbocycles. The van der Waals surface area contributed by atoms with Gasteiger partial charge in [0.25, 0.3) is 0 Å². The second-order valence-corrected chi connectivity index (χ2v) is 7.86. The fourth-order valence-corrected chi connectivity index (χ4v) is 4.85. The van der Waals surface area contributed by atoms with Crippen molar-refractivity contribution in [3.05, 3.63) is 47.3 Å². The maximum absolute atomic E-state index is 12.8. The Bertz CT molecular complexity index is 702. The van der Waals surface area contributed by atoms with Gasteiger partial charge in [-0.25, -0.2) is 0 Å². The van der Waals surface area contributed by atoms with E-state index < -0.39 is 11.6 Å². The standard InChI is InChI=1S/C20H24O3/c1-5-7-13-16(21)12-8-9-14-19(2,3)10-6-11-20(14,4)15(12)18(23)17(13)22/h5,8-9,14,21H,1,6-7,10-11H2,2-4H3/t14-,20-/m0/s1. The summed E-state index contributed by atoms with van der Waals surface area (Å²) in [7, 11) is 0. The second-order valence-electron chi connectivity index (χ2n) is 7.86. The molecule has 0 aromatic carbocycles. The summed E-state index contributed by atoms with van der Waals surface area (Å²) in [6, 6.07) is 0. The van der Waals surface area contributed by atoms with Crippen molar-refractivity contribution in [2.75, 3.05) is 0 Å². The Morgan fingerprint density at radius 1 is 1.26 bits per heavy atom. The number of ketones is 2. The molecule has 0 aromatic rings. The molecule has 1 fully saturated rings. The van der Waals surface area contributed by atoms with E-state index in [2.05, 4.69) is 33.4 Å². The number of fused-ring (bicyclic) bond motifs is 2. The monoisotopic (exact) mass is 312 g/mol. The first-order valence-corrected chi connectivity index (χ1v) is 8.29. The van der Waals surface area contributed by atoms with E-state index >= 15 is 0 Å². The molecule has 122 valence electrons. The number of hydrogen-bond donors (Lipinski definition) is 1. The molecule has 23 heavy (non-hydrogen) atoms. The molecule has 0 saturated heterocycles. The molecule has 3 heteroatoms. The van der Waals surface area contributed by atoms with E-state index in [-0.39, 0.29) is 34.5 Å². The van der Waals surface area contributed by atoms with Crippen LogP contribution < -0.4 is 0 Å². The molecule has 0 unspecified atom stereocenters. The predicted molar refractivity (Wildman–Crippen MR) is 89.9 cm³/mol. The van der Waals surface area contributed by atoms with E-state index in [1.165, 1.54) is 0 Å². The Morgan fingerprint density at radius 2 is 1.96 bits per heavy atom. The number of carbonyl (C=O) groups is 2. The fourth-order valence-electron chi connectivity index (χ4n) is 4.85.